The van der Waals surface area contributed by atoms with Gasteiger partial charge in [-0.3, -0.25) is 4.99 Å². The van der Waals surface area contributed by atoms with E-state index in [9.17, 15) is 0 Å². The molecule has 0 saturated carbocycles. The molecular formula is C15H25N3O. The van der Waals surface area contributed by atoms with Crippen molar-refractivity contribution in [3.05, 3.63) is 29.8 Å². The van der Waals surface area contributed by atoms with Crippen LogP contribution in [0.3, 0.4) is 0 Å². The number of ether oxygens (including phenoxy) is 1. The highest BCUT2D eigenvalue weighted by Gasteiger charge is 2.09. The van der Waals surface area contributed by atoms with Crippen molar-refractivity contribution in [1.82, 2.24) is 10.2 Å². The molecule has 1 aromatic rings. The molecule has 0 atom stereocenters. The van der Waals surface area contributed by atoms with Crippen molar-refractivity contribution in [2.45, 2.75) is 26.3 Å². The third-order valence-electron chi connectivity index (χ3n) is 2.99. The Bertz CT molecular complexity index is 404. The number of para-hydroxylation sites is 1. The normalized spacial score (nSPS) is 11.3. The molecule has 1 N–H and O–H groups in total. The molecule has 1 aromatic carbocycles. The second kappa shape index (κ2) is 8.40. The van der Waals surface area contributed by atoms with E-state index in [0.29, 0.717) is 0 Å². The van der Waals surface area contributed by atoms with Crippen molar-refractivity contribution in [3.8, 4) is 5.75 Å². The summed E-state index contributed by atoms with van der Waals surface area (Å²) in [4.78, 5) is 6.41. The first kappa shape index (κ1) is 15.3. The van der Waals surface area contributed by atoms with Crippen molar-refractivity contribution in [2.24, 2.45) is 4.99 Å². The van der Waals surface area contributed by atoms with E-state index >= 15 is 0 Å². The quantitative estimate of drug-likeness (QED) is 0.487. The van der Waals surface area contributed by atoms with Gasteiger partial charge >= 0.3 is 0 Å². The van der Waals surface area contributed by atoms with Crippen molar-refractivity contribution in [3.63, 3.8) is 0 Å². The maximum atomic E-state index is 5.37. The first-order valence-electron chi connectivity index (χ1n) is 6.76. The second-order valence-corrected chi connectivity index (χ2v) is 4.50. The minimum absolute atomic E-state index is 0.774. The van der Waals surface area contributed by atoms with Crippen LogP contribution >= 0.6 is 0 Å². The number of hydrogen-bond acceptors (Lipinski definition) is 2. The standard InChI is InChI=1S/C15H25N3O/c1-5-6-11-17-15(16-2)18(3)12-13-9-7-8-10-14(13)19-4/h7-10H,5-6,11-12H2,1-4H3,(H,16,17). The summed E-state index contributed by atoms with van der Waals surface area (Å²) >= 11 is 0. The fourth-order valence-electron chi connectivity index (χ4n) is 1.93. The van der Waals surface area contributed by atoms with Crippen molar-refractivity contribution < 1.29 is 4.74 Å². The summed E-state index contributed by atoms with van der Waals surface area (Å²) in [7, 11) is 5.55. The maximum Gasteiger partial charge on any atom is 0.193 e. The third kappa shape index (κ3) is 4.81. The Morgan fingerprint density at radius 1 is 1.37 bits per heavy atom. The number of nitrogens with one attached hydrogen (secondary N) is 1. The number of nitrogens with zero attached hydrogens (tertiary/aromatic N) is 2. The second-order valence-electron chi connectivity index (χ2n) is 4.50. The lowest BCUT2D eigenvalue weighted by Crippen LogP contribution is -2.38. The van der Waals surface area contributed by atoms with E-state index in [0.717, 1.165) is 36.8 Å². The van der Waals surface area contributed by atoms with Crippen LogP contribution in [0.25, 0.3) is 0 Å². The Morgan fingerprint density at radius 3 is 2.74 bits per heavy atom. The van der Waals surface area contributed by atoms with Gasteiger partial charge < -0.3 is 15.0 Å². The van der Waals surface area contributed by atoms with Crippen LogP contribution in [0.1, 0.15) is 25.3 Å². The molecule has 106 valence electrons. The van der Waals surface area contributed by atoms with Gasteiger partial charge in [-0.1, -0.05) is 31.5 Å². The number of methoxy groups -OCH3 is 1. The predicted molar refractivity (Wildman–Crippen MR) is 80.7 cm³/mol. The molecule has 0 amide bonds. The highest BCUT2D eigenvalue weighted by atomic mass is 16.5. The number of guanidine groups is 1. The van der Waals surface area contributed by atoms with Crippen LogP contribution < -0.4 is 10.1 Å². The summed E-state index contributed by atoms with van der Waals surface area (Å²) in [6, 6.07) is 8.07. The lowest BCUT2D eigenvalue weighted by Gasteiger charge is -2.23. The van der Waals surface area contributed by atoms with Gasteiger partial charge in [0.15, 0.2) is 5.96 Å². The zero-order chi connectivity index (χ0) is 14.1. The summed E-state index contributed by atoms with van der Waals surface area (Å²) in [6.45, 7) is 3.91. The average molecular weight is 263 g/mol. The molecule has 1 rings (SSSR count). The van der Waals surface area contributed by atoms with Crippen LogP contribution in [-0.4, -0.2) is 38.6 Å². The largest absolute Gasteiger partial charge is 0.496 e. The fourth-order valence-corrected chi connectivity index (χ4v) is 1.93. The van der Waals surface area contributed by atoms with Gasteiger partial charge in [-0.05, 0) is 12.5 Å². The topological polar surface area (TPSA) is 36.9 Å². The Kier molecular flexibility index (Phi) is 6.79. The molecular weight excluding hydrogens is 238 g/mol. The van der Waals surface area contributed by atoms with Gasteiger partial charge in [0.2, 0.25) is 0 Å². The maximum absolute atomic E-state index is 5.37. The van der Waals surface area contributed by atoms with E-state index in [2.05, 4.69) is 28.2 Å². The Hall–Kier alpha value is -1.71. The van der Waals surface area contributed by atoms with E-state index in [1.54, 1.807) is 7.11 Å². The molecule has 0 fully saturated rings. The number of hydrogen-bond donors (Lipinski definition) is 1. The molecule has 0 aromatic heterocycles. The summed E-state index contributed by atoms with van der Waals surface area (Å²) in [5, 5.41) is 3.36. The number of benzene rings is 1. The zero-order valence-electron chi connectivity index (χ0n) is 12.4. The zero-order valence-corrected chi connectivity index (χ0v) is 12.4. The lowest BCUT2D eigenvalue weighted by molar-refractivity contribution is 0.396. The van der Waals surface area contributed by atoms with E-state index in [-0.39, 0.29) is 0 Å². The molecule has 19 heavy (non-hydrogen) atoms. The Labute approximate surface area is 116 Å². The van der Waals surface area contributed by atoms with Crippen LogP contribution in [0.15, 0.2) is 29.3 Å². The number of aliphatic imine (C=N–C) groups is 1. The van der Waals surface area contributed by atoms with E-state index < -0.39 is 0 Å². The molecule has 0 aliphatic heterocycles. The van der Waals surface area contributed by atoms with Crippen LogP contribution in [0.2, 0.25) is 0 Å². The molecule has 0 heterocycles. The van der Waals surface area contributed by atoms with E-state index in [4.69, 9.17) is 4.74 Å². The van der Waals surface area contributed by atoms with Gasteiger partial charge in [0.1, 0.15) is 5.75 Å². The van der Waals surface area contributed by atoms with Gasteiger partial charge in [0.05, 0.1) is 7.11 Å². The number of rotatable bonds is 6. The Balaban J connectivity index is 2.63. The van der Waals surface area contributed by atoms with Crippen molar-refractivity contribution in [2.75, 3.05) is 27.7 Å². The van der Waals surface area contributed by atoms with Crippen LogP contribution in [-0.2, 0) is 6.54 Å². The van der Waals surface area contributed by atoms with Gasteiger partial charge in [-0.25, -0.2) is 0 Å². The Morgan fingerprint density at radius 2 is 2.11 bits per heavy atom. The molecule has 0 spiro atoms. The molecule has 0 unspecified atom stereocenters. The van der Waals surface area contributed by atoms with Gasteiger partial charge in [0, 0.05) is 32.7 Å². The smallest absolute Gasteiger partial charge is 0.193 e. The molecule has 0 aliphatic rings. The summed E-state index contributed by atoms with van der Waals surface area (Å²) in [6.07, 6.45) is 2.34. The monoisotopic (exact) mass is 263 g/mol. The third-order valence-corrected chi connectivity index (χ3v) is 2.99. The summed E-state index contributed by atoms with van der Waals surface area (Å²) < 4.78 is 5.37. The van der Waals surface area contributed by atoms with E-state index in [1.165, 1.54) is 6.42 Å². The first-order valence-corrected chi connectivity index (χ1v) is 6.76. The molecule has 0 radical (unpaired) electrons. The fraction of sp³-hybridized carbons (Fsp3) is 0.533. The molecule has 0 saturated heterocycles. The van der Waals surface area contributed by atoms with Crippen molar-refractivity contribution >= 4 is 5.96 Å². The number of unbranched alkanes of at least 4 members (excludes halogenated alkanes) is 1. The molecule has 4 heteroatoms. The van der Waals surface area contributed by atoms with Gasteiger partial charge in [-0.2, -0.15) is 0 Å². The minimum Gasteiger partial charge on any atom is -0.496 e. The molecule has 0 aliphatic carbocycles. The summed E-state index contributed by atoms with van der Waals surface area (Å²) in [5.74, 6) is 1.83. The van der Waals surface area contributed by atoms with Crippen LogP contribution in [0, 0.1) is 0 Å². The molecule has 4 nitrogen and oxygen atoms in total. The van der Waals surface area contributed by atoms with Crippen molar-refractivity contribution in [1.29, 1.82) is 0 Å². The highest BCUT2D eigenvalue weighted by Crippen LogP contribution is 2.18. The SMILES string of the molecule is CCCCNC(=NC)N(C)Cc1ccccc1OC. The molecule has 0 bridgehead atoms. The first-order chi connectivity index (χ1) is 9.22. The minimum atomic E-state index is 0.774. The highest BCUT2D eigenvalue weighted by molar-refractivity contribution is 5.79. The van der Waals surface area contributed by atoms with Gasteiger partial charge in [-0.15, -0.1) is 0 Å². The summed E-state index contributed by atoms with van der Waals surface area (Å²) in [5.41, 5.74) is 1.16. The van der Waals surface area contributed by atoms with Crippen LogP contribution in [0.4, 0.5) is 0 Å². The lowest BCUT2D eigenvalue weighted by atomic mass is 10.2. The van der Waals surface area contributed by atoms with Gasteiger partial charge in [0.25, 0.3) is 0 Å². The van der Waals surface area contributed by atoms with Crippen LogP contribution in [0.5, 0.6) is 5.75 Å². The average Bonchev–Trinajstić information content (AvgIpc) is 2.44. The predicted octanol–water partition coefficient (Wildman–Crippen LogP) is 2.50. The van der Waals surface area contributed by atoms with E-state index in [1.807, 2.05) is 32.3 Å².